The first kappa shape index (κ1) is 19.5. The number of ether oxygens (including phenoxy) is 1. The van der Waals surface area contributed by atoms with E-state index in [9.17, 15) is 4.39 Å². The minimum Gasteiger partial charge on any atom is -0.491 e. The van der Waals surface area contributed by atoms with Gasteiger partial charge in [-0.3, -0.25) is 0 Å². The molecule has 4 nitrogen and oxygen atoms in total. The molecule has 1 atom stereocenters. The lowest BCUT2D eigenvalue weighted by atomic mass is 10.2. The zero-order valence-corrected chi connectivity index (χ0v) is 15.0. The number of halogens is 2. The largest absolute Gasteiger partial charge is 0.491 e. The molecule has 1 heterocycles. The Kier molecular flexibility index (Phi) is 7.98. The van der Waals surface area contributed by atoms with Gasteiger partial charge in [-0.2, -0.15) is 0 Å². The summed E-state index contributed by atoms with van der Waals surface area (Å²) in [5.74, 6) is 0.516. The van der Waals surface area contributed by atoms with Gasteiger partial charge < -0.3 is 20.1 Å². The summed E-state index contributed by atoms with van der Waals surface area (Å²) in [5, 5.41) is 13.2. The van der Waals surface area contributed by atoms with E-state index in [4.69, 9.17) is 21.4 Å². The predicted molar refractivity (Wildman–Crippen MR) is 100 cm³/mol. The number of rotatable bonds is 4. The fraction of sp³-hybridized carbons (Fsp3) is 0.368. The summed E-state index contributed by atoms with van der Waals surface area (Å²) in [4.78, 5) is 2.26. The van der Waals surface area contributed by atoms with Gasteiger partial charge in [0.1, 0.15) is 18.2 Å². The first-order valence-electron chi connectivity index (χ1n) is 8.33. The average Bonchev–Trinajstić information content (AvgIpc) is 2.62. The molecule has 0 amide bonds. The molecule has 2 N–H and O–H groups in total. The summed E-state index contributed by atoms with van der Waals surface area (Å²) >= 11 is 6.27. The molecule has 136 valence electrons. The predicted octanol–water partition coefficient (Wildman–Crippen LogP) is 3.33. The number of aliphatic hydroxyl groups is 1. The minimum atomic E-state index is -0.475. The Morgan fingerprint density at radius 1 is 1.20 bits per heavy atom. The highest BCUT2D eigenvalue weighted by atomic mass is 35.5. The van der Waals surface area contributed by atoms with Crippen molar-refractivity contribution in [2.45, 2.75) is 13.0 Å². The molecule has 3 rings (SSSR count). The van der Waals surface area contributed by atoms with Gasteiger partial charge in [-0.15, -0.1) is 0 Å². The second kappa shape index (κ2) is 10.2. The second-order valence-corrected chi connectivity index (χ2v) is 6.21. The van der Waals surface area contributed by atoms with Gasteiger partial charge in [0, 0.05) is 32.2 Å². The number of anilines is 1. The van der Waals surface area contributed by atoms with Crippen LogP contribution in [0.5, 0.6) is 5.75 Å². The number of hydrogen-bond donors (Lipinski definition) is 2. The number of nitrogens with zero attached hydrogens (tertiary/aromatic N) is 1. The highest BCUT2D eigenvalue weighted by Gasteiger charge is 2.14. The molecule has 0 radical (unpaired) electrons. The van der Waals surface area contributed by atoms with Crippen molar-refractivity contribution >= 4 is 17.3 Å². The maximum absolute atomic E-state index is 11.9. The quantitative estimate of drug-likeness (QED) is 0.871. The maximum Gasteiger partial charge on any atom is 0.123 e. The lowest BCUT2D eigenvalue weighted by Crippen LogP contribution is -2.43. The summed E-state index contributed by atoms with van der Waals surface area (Å²) in [6.45, 7) is 5.87. The summed E-state index contributed by atoms with van der Waals surface area (Å²) in [5.41, 5.74) is 1.04. The molecule has 2 aromatic rings. The van der Waals surface area contributed by atoms with Gasteiger partial charge in [0.25, 0.3) is 0 Å². The Labute approximate surface area is 153 Å². The van der Waals surface area contributed by atoms with Gasteiger partial charge in [-0.05, 0) is 31.2 Å². The van der Waals surface area contributed by atoms with Crippen LogP contribution in [0.15, 0.2) is 48.5 Å². The van der Waals surface area contributed by atoms with Crippen LogP contribution in [0.4, 0.5) is 10.1 Å². The Bertz CT molecular complexity index is 635. The summed E-state index contributed by atoms with van der Waals surface area (Å²) in [7, 11) is 0. The Morgan fingerprint density at radius 3 is 2.40 bits per heavy atom. The van der Waals surface area contributed by atoms with E-state index in [1.165, 1.54) is 12.1 Å². The van der Waals surface area contributed by atoms with Gasteiger partial charge >= 0.3 is 0 Å². The van der Waals surface area contributed by atoms with Gasteiger partial charge in [0.05, 0.1) is 16.8 Å². The summed E-state index contributed by atoms with van der Waals surface area (Å²) in [6.07, 6.45) is -0.475. The molecular weight excluding hydrogens is 343 g/mol. The fourth-order valence-corrected chi connectivity index (χ4v) is 2.66. The molecule has 25 heavy (non-hydrogen) atoms. The number of piperazine rings is 1. The van der Waals surface area contributed by atoms with Crippen molar-refractivity contribution in [3.63, 3.8) is 0 Å². The van der Waals surface area contributed by atoms with E-state index in [2.05, 4.69) is 10.2 Å². The first-order chi connectivity index (χ1) is 12.1. The van der Waals surface area contributed by atoms with Gasteiger partial charge in [-0.25, -0.2) is 4.39 Å². The molecule has 0 aliphatic carbocycles. The van der Waals surface area contributed by atoms with E-state index in [0.717, 1.165) is 31.9 Å². The SMILES string of the molecule is C[C@H](O)COc1ccc(N2CCNCC2)c(Cl)c1.Fc1ccccc1. The van der Waals surface area contributed by atoms with Crippen LogP contribution in [0.25, 0.3) is 0 Å². The number of benzene rings is 2. The third-order valence-corrected chi connectivity index (χ3v) is 3.90. The molecule has 0 bridgehead atoms. The van der Waals surface area contributed by atoms with E-state index >= 15 is 0 Å². The standard InChI is InChI=1S/C13H19ClN2O2.C6H5F/c1-10(17)9-18-11-2-3-13(12(14)8-11)16-6-4-15-5-7-16;7-6-4-2-1-3-5-6/h2-3,8,10,15,17H,4-7,9H2,1H3;1-5H/t10-;/m0./s1. The lowest BCUT2D eigenvalue weighted by Gasteiger charge is -2.30. The highest BCUT2D eigenvalue weighted by molar-refractivity contribution is 6.33. The topological polar surface area (TPSA) is 44.7 Å². The van der Waals surface area contributed by atoms with Crippen molar-refractivity contribution in [2.24, 2.45) is 0 Å². The summed E-state index contributed by atoms with van der Waals surface area (Å²) < 4.78 is 17.3. The monoisotopic (exact) mass is 366 g/mol. The highest BCUT2D eigenvalue weighted by Crippen LogP contribution is 2.30. The van der Waals surface area contributed by atoms with Crippen LogP contribution >= 0.6 is 11.6 Å². The zero-order valence-electron chi connectivity index (χ0n) is 14.3. The number of hydrogen-bond acceptors (Lipinski definition) is 4. The fourth-order valence-electron chi connectivity index (χ4n) is 2.37. The van der Waals surface area contributed by atoms with Gasteiger partial charge in [0.15, 0.2) is 0 Å². The third-order valence-electron chi connectivity index (χ3n) is 3.60. The van der Waals surface area contributed by atoms with Crippen molar-refractivity contribution in [1.82, 2.24) is 5.32 Å². The van der Waals surface area contributed by atoms with E-state index in [0.29, 0.717) is 10.8 Å². The van der Waals surface area contributed by atoms with Crippen molar-refractivity contribution in [1.29, 1.82) is 0 Å². The molecule has 1 fully saturated rings. The second-order valence-electron chi connectivity index (χ2n) is 5.81. The van der Waals surface area contributed by atoms with Crippen LogP contribution in [0.2, 0.25) is 5.02 Å². The third kappa shape index (κ3) is 6.90. The molecule has 0 saturated carbocycles. The molecule has 2 aromatic carbocycles. The first-order valence-corrected chi connectivity index (χ1v) is 8.70. The molecule has 6 heteroatoms. The zero-order chi connectivity index (χ0) is 18.1. The molecule has 0 spiro atoms. The number of aliphatic hydroxyl groups excluding tert-OH is 1. The van der Waals surface area contributed by atoms with E-state index in [-0.39, 0.29) is 12.4 Å². The molecule has 0 aromatic heterocycles. The van der Waals surface area contributed by atoms with Crippen LogP contribution in [0.1, 0.15) is 6.92 Å². The van der Waals surface area contributed by atoms with E-state index in [1.54, 1.807) is 31.2 Å². The van der Waals surface area contributed by atoms with Crippen molar-refractivity contribution < 1.29 is 14.2 Å². The smallest absolute Gasteiger partial charge is 0.123 e. The minimum absolute atomic E-state index is 0.178. The van der Waals surface area contributed by atoms with Crippen LogP contribution in [-0.2, 0) is 0 Å². The van der Waals surface area contributed by atoms with Crippen LogP contribution in [0, 0.1) is 5.82 Å². The molecule has 0 unspecified atom stereocenters. The Hall–Kier alpha value is -1.82. The van der Waals surface area contributed by atoms with E-state index < -0.39 is 6.10 Å². The van der Waals surface area contributed by atoms with E-state index in [1.807, 2.05) is 12.1 Å². The molecule has 1 saturated heterocycles. The van der Waals surface area contributed by atoms with Gasteiger partial charge in [-0.1, -0.05) is 29.8 Å². The van der Waals surface area contributed by atoms with Crippen molar-refractivity contribution in [3.05, 3.63) is 59.4 Å². The van der Waals surface area contributed by atoms with Gasteiger partial charge in [0.2, 0.25) is 0 Å². The normalized spacial score (nSPS) is 15.1. The summed E-state index contributed by atoms with van der Waals surface area (Å²) in [6, 6.07) is 13.6. The maximum atomic E-state index is 11.9. The lowest BCUT2D eigenvalue weighted by molar-refractivity contribution is 0.123. The van der Waals surface area contributed by atoms with Crippen molar-refractivity contribution in [3.8, 4) is 5.75 Å². The molecule has 1 aliphatic heterocycles. The van der Waals surface area contributed by atoms with Crippen LogP contribution in [0.3, 0.4) is 0 Å². The van der Waals surface area contributed by atoms with Crippen LogP contribution < -0.4 is 15.0 Å². The van der Waals surface area contributed by atoms with Crippen LogP contribution in [-0.4, -0.2) is 44.0 Å². The Balaban J connectivity index is 0.000000269. The average molecular weight is 367 g/mol. The van der Waals surface area contributed by atoms with Crippen molar-refractivity contribution in [2.75, 3.05) is 37.7 Å². The Morgan fingerprint density at radius 2 is 1.88 bits per heavy atom. The molecular formula is C19H24ClFN2O2. The number of nitrogens with one attached hydrogen (secondary N) is 1. The molecule has 1 aliphatic rings.